The summed E-state index contributed by atoms with van der Waals surface area (Å²) >= 11 is 0. The van der Waals surface area contributed by atoms with E-state index in [1.54, 1.807) is 0 Å². The van der Waals surface area contributed by atoms with Gasteiger partial charge in [0.15, 0.2) is 0 Å². The molecule has 0 aliphatic carbocycles. The summed E-state index contributed by atoms with van der Waals surface area (Å²) in [6, 6.07) is 0.421. The number of piperidine rings is 1. The van der Waals surface area contributed by atoms with Gasteiger partial charge in [0.25, 0.3) is 0 Å². The second kappa shape index (κ2) is 7.28. The monoisotopic (exact) mass is 268 g/mol. The lowest BCUT2D eigenvalue weighted by Crippen LogP contribution is -2.51. The fraction of sp³-hybridized carbons (Fsp3) is 0.938. The van der Waals surface area contributed by atoms with Gasteiger partial charge in [-0.15, -0.1) is 0 Å². The number of carbonyl (C=O) groups excluding carboxylic acids is 1. The van der Waals surface area contributed by atoms with E-state index in [1.807, 2.05) is 25.8 Å². The van der Waals surface area contributed by atoms with Gasteiger partial charge < -0.3 is 9.80 Å². The molecule has 3 nitrogen and oxygen atoms in total. The number of hydrogen-bond acceptors (Lipinski definition) is 2. The van der Waals surface area contributed by atoms with Crippen LogP contribution in [0.5, 0.6) is 0 Å². The molecule has 0 bridgehead atoms. The third-order valence-corrected chi connectivity index (χ3v) is 4.31. The SMILES string of the molecule is CC(C)CCN1CC[C@H](N(C)C(=O)C(C)C)[C@H](C)C1. The maximum atomic E-state index is 12.1. The molecule has 0 aromatic rings. The van der Waals surface area contributed by atoms with Crippen molar-refractivity contribution in [1.82, 2.24) is 9.80 Å². The molecule has 2 atom stereocenters. The average Bonchev–Trinajstić information content (AvgIpc) is 2.34. The maximum Gasteiger partial charge on any atom is 0.225 e. The predicted octanol–water partition coefficient (Wildman–Crippen LogP) is 2.86. The van der Waals surface area contributed by atoms with E-state index in [0.717, 1.165) is 25.4 Å². The zero-order valence-electron chi connectivity index (χ0n) is 13.6. The summed E-state index contributed by atoms with van der Waals surface area (Å²) in [4.78, 5) is 16.7. The van der Waals surface area contributed by atoms with Gasteiger partial charge in [-0.05, 0) is 31.2 Å². The number of carbonyl (C=O) groups is 1. The average molecular weight is 268 g/mol. The molecule has 0 unspecified atom stereocenters. The highest BCUT2D eigenvalue weighted by Crippen LogP contribution is 2.23. The second-order valence-corrected chi connectivity index (χ2v) is 6.92. The van der Waals surface area contributed by atoms with Crippen molar-refractivity contribution in [3.8, 4) is 0 Å². The van der Waals surface area contributed by atoms with Crippen molar-refractivity contribution in [3.05, 3.63) is 0 Å². The summed E-state index contributed by atoms with van der Waals surface area (Å²) in [6.45, 7) is 14.3. The largest absolute Gasteiger partial charge is 0.342 e. The zero-order chi connectivity index (χ0) is 14.6. The molecule has 0 saturated carbocycles. The van der Waals surface area contributed by atoms with Gasteiger partial charge in [0.05, 0.1) is 0 Å². The van der Waals surface area contributed by atoms with Gasteiger partial charge in [-0.1, -0.05) is 34.6 Å². The Morgan fingerprint density at radius 1 is 1.32 bits per heavy atom. The van der Waals surface area contributed by atoms with Gasteiger partial charge in [-0.25, -0.2) is 0 Å². The summed E-state index contributed by atoms with van der Waals surface area (Å²) in [7, 11) is 1.98. The highest BCUT2D eigenvalue weighted by molar-refractivity contribution is 5.78. The molecule has 1 heterocycles. The molecule has 1 aliphatic heterocycles. The molecular formula is C16H32N2O. The molecule has 1 aliphatic rings. The number of amides is 1. The molecule has 1 fully saturated rings. The molecule has 1 saturated heterocycles. The first kappa shape index (κ1) is 16.5. The highest BCUT2D eigenvalue weighted by Gasteiger charge is 2.31. The predicted molar refractivity (Wildman–Crippen MR) is 81.1 cm³/mol. The first-order chi connectivity index (χ1) is 8.82. The van der Waals surface area contributed by atoms with E-state index in [1.165, 1.54) is 13.0 Å². The van der Waals surface area contributed by atoms with E-state index in [9.17, 15) is 4.79 Å². The van der Waals surface area contributed by atoms with Gasteiger partial charge in [0.1, 0.15) is 0 Å². The Morgan fingerprint density at radius 2 is 1.95 bits per heavy atom. The summed E-state index contributed by atoms with van der Waals surface area (Å²) in [5, 5.41) is 0. The normalized spacial score (nSPS) is 25.1. The Labute approximate surface area is 119 Å². The standard InChI is InChI=1S/C16H32N2O/c1-12(2)7-9-18-10-8-15(14(5)11-18)17(6)16(19)13(3)4/h12-15H,7-11H2,1-6H3/t14-,15+/m1/s1. The Balaban J connectivity index is 2.47. The fourth-order valence-electron chi connectivity index (χ4n) is 3.01. The third kappa shape index (κ3) is 4.79. The fourth-order valence-corrected chi connectivity index (χ4v) is 3.01. The molecule has 3 heteroatoms. The second-order valence-electron chi connectivity index (χ2n) is 6.92. The first-order valence-electron chi connectivity index (χ1n) is 7.82. The summed E-state index contributed by atoms with van der Waals surface area (Å²) in [5.74, 6) is 1.75. The first-order valence-corrected chi connectivity index (χ1v) is 7.82. The molecule has 0 N–H and O–H groups in total. The van der Waals surface area contributed by atoms with E-state index >= 15 is 0 Å². The van der Waals surface area contributed by atoms with Crippen LogP contribution >= 0.6 is 0 Å². The summed E-state index contributed by atoms with van der Waals surface area (Å²) in [5.41, 5.74) is 0. The molecule has 0 radical (unpaired) electrons. The minimum absolute atomic E-state index is 0.108. The van der Waals surface area contributed by atoms with E-state index in [4.69, 9.17) is 0 Å². The van der Waals surface area contributed by atoms with Crippen molar-refractivity contribution >= 4 is 5.91 Å². The Morgan fingerprint density at radius 3 is 2.42 bits per heavy atom. The van der Waals surface area contributed by atoms with Crippen LogP contribution in [0.4, 0.5) is 0 Å². The van der Waals surface area contributed by atoms with Crippen LogP contribution in [0.2, 0.25) is 0 Å². The van der Waals surface area contributed by atoms with Crippen molar-refractivity contribution in [3.63, 3.8) is 0 Å². The van der Waals surface area contributed by atoms with Gasteiger partial charge in [0.2, 0.25) is 5.91 Å². The minimum Gasteiger partial charge on any atom is -0.342 e. The maximum absolute atomic E-state index is 12.1. The molecule has 0 spiro atoms. The van der Waals surface area contributed by atoms with Crippen LogP contribution in [-0.4, -0.2) is 48.4 Å². The van der Waals surface area contributed by atoms with Crippen molar-refractivity contribution in [2.75, 3.05) is 26.7 Å². The van der Waals surface area contributed by atoms with Gasteiger partial charge in [0, 0.05) is 32.1 Å². The summed E-state index contributed by atoms with van der Waals surface area (Å²) < 4.78 is 0. The zero-order valence-corrected chi connectivity index (χ0v) is 13.6. The lowest BCUT2D eigenvalue weighted by atomic mass is 9.91. The molecule has 1 amide bonds. The smallest absolute Gasteiger partial charge is 0.225 e. The minimum atomic E-state index is 0.108. The van der Waals surface area contributed by atoms with E-state index in [0.29, 0.717) is 12.0 Å². The van der Waals surface area contributed by atoms with Crippen LogP contribution in [0, 0.1) is 17.8 Å². The van der Waals surface area contributed by atoms with E-state index < -0.39 is 0 Å². The van der Waals surface area contributed by atoms with Gasteiger partial charge >= 0.3 is 0 Å². The number of nitrogens with zero attached hydrogens (tertiary/aromatic N) is 2. The number of rotatable bonds is 5. The molecule has 0 aromatic heterocycles. The Kier molecular flexibility index (Phi) is 6.31. The lowest BCUT2D eigenvalue weighted by Gasteiger charge is -2.42. The molecule has 1 rings (SSSR count). The van der Waals surface area contributed by atoms with Crippen LogP contribution in [0.3, 0.4) is 0 Å². The highest BCUT2D eigenvalue weighted by atomic mass is 16.2. The third-order valence-electron chi connectivity index (χ3n) is 4.31. The Bertz CT molecular complexity index is 288. The number of likely N-dealkylation sites (tertiary alicyclic amines) is 1. The van der Waals surface area contributed by atoms with Crippen LogP contribution < -0.4 is 0 Å². The molecule has 112 valence electrons. The summed E-state index contributed by atoms with van der Waals surface area (Å²) in [6.07, 6.45) is 2.40. The van der Waals surface area contributed by atoms with Crippen molar-refractivity contribution in [2.45, 2.75) is 53.5 Å². The Hall–Kier alpha value is -0.570. The van der Waals surface area contributed by atoms with Gasteiger partial charge in [-0.3, -0.25) is 4.79 Å². The van der Waals surface area contributed by atoms with Crippen LogP contribution in [0.25, 0.3) is 0 Å². The van der Waals surface area contributed by atoms with E-state index in [2.05, 4.69) is 25.7 Å². The topological polar surface area (TPSA) is 23.6 Å². The van der Waals surface area contributed by atoms with Crippen molar-refractivity contribution in [1.29, 1.82) is 0 Å². The molecule has 0 aromatic carbocycles. The molecule has 19 heavy (non-hydrogen) atoms. The quantitative estimate of drug-likeness (QED) is 0.765. The van der Waals surface area contributed by atoms with Crippen molar-refractivity contribution in [2.24, 2.45) is 17.8 Å². The van der Waals surface area contributed by atoms with Crippen LogP contribution in [0.1, 0.15) is 47.5 Å². The van der Waals surface area contributed by atoms with E-state index in [-0.39, 0.29) is 11.8 Å². The van der Waals surface area contributed by atoms with Crippen molar-refractivity contribution < 1.29 is 4.79 Å². The van der Waals surface area contributed by atoms with Crippen LogP contribution in [-0.2, 0) is 4.79 Å². The van der Waals surface area contributed by atoms with Crippen LogP contribution in [0.15, 0.2) is 0 Å². The van der Waals surface area contributed by atoms with Gasteiger partial charge in [-0.2, -0.15) is 0 Å². The molecular weight excluding hydrogens is 236 g/mol. The number of hydrogen-bond donors (Lipinski definition) is 0. The lowest BCUT2D eigenvalue weighted by molar-refractivity contribution is -0.137.